The van der Waals surface area contributed by atoms with Crippen LogP contribution in [0.15, 0.2) is 59.3 Å². The summed E-state index contributed by atoms with van der Waals surface area (Å²) < 4.78 is 5.69. The van der Waals surface area contributed by atoms with Gasteiger partial charge in [-0.15, -0.1) is 0 Å². The molecular weight excluding hydrogens is 452 g/mol. The Bertz CT molecular complexity index is 1160. The second-order valence-electron chi connectivity index (χ2n) is 8.68. The molecule has 34 heavy (non-hydrogen) atoms. The Morgan fingerprint density at radius 3 is 2.21 bits per heavy atom. The third kappa shape index (κ3) is 4.53. The van der Waals surface area contributed by atoms with E-state index in [1.54, 1.807) is 11.0 Å². The van der Waals surface area contributed by atoms with Crippen molar-refractivity contribution in [3.05, 3.63) is 71.2 Å². The maximum absolute atomic E-state index is 13.4. The van der Waals surface area contributed by atoms with E-state index in [0.29, 0.717) is 48.1 Å². The molecule has 2 aromatic carbocycles. The number of nitrogens with zero attached hydrogens (tertiary/aromatic N) is 4. The molecule has 0 bridgehead atoms. The van der Waals surface area contributed by atoms with E-state index < -0.39 is 0 Å². The molecule has 2 amide bonds. The Balaban J connectivity index is 1.34. The molecule has 2 saturated heterocycles. The number of carbonyl (C=O) groups is 2. The van der Waals surface area contributed by atoms with Crippen LogP contribution in [-0.2, 0) is 0 Å². The summed E-state index contributed by atoms with van der Waals surface area (Å²) in [5.74, 6) is 0.146. The van der Waals surface area contributed by atoms with Crippen LogP contribution < -0.4 is 4.90 Å². The molecule has 5 rings (SSSR count). The molecule has 0 aliphatic carbocycles. The van der Waals surface area contributed by atoms with Crippen molar-refractivity contribution in [1.29, 1.82) is 0 Å². The first-order valence-electron chi connectivity index (χ1n) is 11.7. The number of hydrogen-bond acceptors (Lipinski definition) is 5. The number of piperazine rings is 1. The zero-order valence-electron chi connectivity index (χ0n) is 19.0. The molecule has 2 aliphatic rings. The fourth-order valence-electron chi connectivity index (χ4n) is 4.69. The zero-order chi connectivity index (χ0) is 23.5. The van der Waals surface area contributed by atoms with Crippen molar-refractivity contribution >= 4 is 29.1 Å². The molecule has 0 unspecified atom stereocenters. The van der Waals surface area contributed by atoms with Gasteiger partial charge in [0.25, 0.3) is 11.8 Å². The fraction of sp³-hybridized carbons (Fsp3) is 0.346. The minimum absolute atomic E-state index is 0.0262. The molecule has 3 aromatic rings. The molecule has 0 atom stereocenters. The van der Waals surface area contributed by atoms with Crippen LogP contribution in [0.25, 0.3) is 11.3 Å². The van der Waals surface area contributed by atoms with E-state index in [-0.39, 0.29) is 17.5 Å². The summed E-state index contributed by atoms with van der Waals surface area (Å²) >= 11 is 6.00. The summed E-state index contributed by atoms with van der Waals surface area (Å²) in [6.07, 6.45) is 4.47. The number of amides is 2. The molecule has 0 N–H and O–H groups in total. The number of anilines is 1. The summed E-state index contributed by atoms with van der Waals surface area (Å²) in [5, 5.41) is 0.704. The second-order valence-corrected chi connectivity index (χ2v) is 9.12. The smallest absolute Gasteiger partial charge is 0.276 e. The first-order valence-corrected chi connectivity index (χ1v) is 12.1. The largest absolute Gasteiger partial charge is 0.443 e. The summed E-state index contributed by atoms with van der Waals surface area (Å²) in [6.45, 7) is 4.08. The molecule has 3 heterocycles. The van der Waals surface area contributed by atoms with Gasteiger partial charge < -0.3 is 19.1 Å². The SMILES string of the molecule is O=C(c1ccccc1-c1ocnc1C(=O)N1CCN(c2ccc(Cl)cc2)CC1)N1CCCCC1. The molecule has 176 valence electrons. The lowest BCUT2D eigenvalue weighted by molar-refractivity contribution is 0.0720. The van der Waals surface area contributed by atoms with Crippen molar-refractivity contribution in [1.82, 2.24) is 14.8 Å². The van der Waals surface area contributed by atoms with Crippen molar-refractivity contribution < 1.29 is 14.0 Å². The Labute approximate surface area is 203 Å². The third-order valence-corrected chi connectivity index (χ3v) is 6.83. The highest BCUT2D eigenvalue weighted by atomic mass is 35.5. The summed E-state index contributed by atoms with van der Waals surface area (Å²) in [4.78, 5) is 36.8. The Hall–Kier alpha value is -3.32. The number of halogens is 1. The van der Waals surface area contributed by atoms with Gasteiger partial charge in [-0.1, -0.05) is 29.8 Å². The molecule has 7 nitrogen and oxygen atoms in total. The fourth-order valence-corrected chi connectivity index (χ4v) is 4.82. The van der Waals surface area contributed by atoms with E-state index in [2.05, 4.69) is 9.88 Å². The van der Waals surface area contributed by atoms with Crippen LogP contribution in [0.3, 0.4) is 0 Å². The summed E-state index contributed by atoms with van der Waals surface area (Å²) in [7, 11) is 0. The van der Waals surface area contributed by atoms with Crippen LogP contribution in [-0.4, -0.2) is 65.9 Å². The van der Waals surface area contributed by atoms with E-state index in [0.717, 1.165) is 38.0 Å². The van der Waals surface area contributed by atoms with E-state index in [9.17, 15) is 9.59 Å². The molecule has 0 spiro atoms. The lowest BCUT2D eigenvalue weighted by Crippen LogP contribution is -2.49. The van der Waals surface area contributed by atoms with E-state index >= 15 is 0 Å². The number of benzene rings is 2. The van der Waals surface area contributed by atoms with Gasteiger partial charge in [-0.05, 0) is 49.6 Å². The van der Waals surface area contributed by atoms with Crippen LogP contribution in [0.1, 0.15) is 40.1 Å². The van der Waals surface area contributed by atoms with Crippen molar-refractivity contribution in [2.45, 2.75) is 19.3 Å². The van der Waals surface area contributed by atoms with E-state index in [4.69, 9.17) is 16.0 Å². The number of oxazole rings is 1. The maximum atomic E-state index is 13.4. The van der Waals surface area contributed by atoms with Crippen molar-refractivity contribution in [3.8, 4) is 11.3 Å². The number of hydrogen-bond donors (Lipinski definition) is 0. The first kappa shape index (κ1) is 22.5. The van der Waals surface area contributed by atoms with Crippen molar-refractivity contribution in [3.63, 3.8) is 0 Å². The standard InChI is InChI=1S/C26H27ClN4O3/c27-19-8-10-20(11-9-19)29-14-16-31(17-15-29)26(33)23-24(34-18-28-23)21-6-2-3-7-22(21)25(32)30-12-4-1-5-13-30/h2-3,6-11,18H,1,4-5,12-17H2. The van der Waals surface area contributed by atoms with Crippen molar-refractivity contribution in [2.24, 2.45) is 0 Å². The predicted octanol–water partition coefficient (Wildman–Crippen LogP) is 4.58. The lowest BCUT2D eigenvalue weighted by atomic mass is 10.0. The minimum Gasteiger partial charge on any atom is -0.443 e. The van der Waals surface area contributed by atoms with Gasteiger partial charge in [0, 0.05) is 55.5 Å². The van der Waals surface area contributed by atoms with Gasteiger partial charge >= 0.3 is 0 Å². The number of aromatic nitrogens is 1. The van der Waals surface area contributed by atoms with Gasteiger partial charge in [0.05, 0.1) is 5.56 Å². The Morgan fingerprint density at radius 1 is 0.794 bits per heavy atom. The van der Waals surface area contributed by atoms with Gasteiger partial charge in [0.1, 0.15) is 0 Å². The lowest BCUT2D eigenvalue weighted by Gasteiger charge is -2.36. The normalized spacial score (nSPS) is 16.6. The quantitative estimate of drug-likeness (QED) is 0.548. The molecule has 2 fully saturated rings. The first-order chi connectivity index (χ1) is 16.6. The van der Waals surface area contributed by atoms with Crippen LogP contribution >= 0.6 is 11.6 Å². The van der Waals surface area contributed by atoms with Crippen LogP contribution in [0.5, 0.6) is 0 Å². The minimum atomic E-state index is -0.181. The average Bonchev–Trinajstić information content (AvgIpc) is 3.39. The van der Waals surface area contributed by atoms with Crippen LogP contribution in [0, 0.1) is 0 Å². The van der Waals surface area contributed by atoms with Gasteiger partial charge in [0.15, 0.2) is 17.8 Å². The highest BCUT2D eigenvalue weighted by Gasteiger charge is 2.29. The number of piperidine rings is 1. The number of likely N-dealkylation sites (tertiary alicyclic amines) is 1. The molecular formula is C26H27ClN4O3. The Morgan fingerprint density at radius 2 is 1.47 bits per heavy atom. The molecule has 0 saturated carbocycles. The van der Waals surface area contributed by atoms with Gasteiger partial charge in [-0.2, -0.15) is 0 Å². The Kier molecular flexibility index (Phi) is 6.54. The highest BCUT2D eigenvalue weighted by Crippen LogP contribution is 2.30. The van der Waals surface area contributed by atoms with Crippen LogP contribution in [0.2, 0.25) is 5.02 Å². The van der Waals surface area contributed by atoms with Gasteiger partial charge in [-0.3, -0.25) is 9.59 Å². The van der Waals surface area contributed by atoms with Crippen LogP contribution in [0.4, 0.5) is 5.69 Å². The third-order valence-electron chi connectivity index (χ3n) is 6.57. The summed E-state index contributed by atoms with van der Waals surface area (Å²) in [5.41, 5.74) is 2.49. The molecule has 1 aromatic heterocycles. The topological polar surface area (TPSA) is 69.9 Å². The van der Waals surface area contributed by atoms with E-state index in [1.807, 2.05) is 47.4 Å². The van der Waals surface area contributed by atoms with E-state index in [1.165, 1.54) is 6.39 Å². The van der Waals surface area contributed by atoms with Gasteiger partial charge in [-0.25, -0.2) is 4.98 Å². The monoisotopic (exact) mass is 478 g/mol. The average molecular weight is 479 g/mol. The predicted molar refractivity (Wildman–Crippen MR) is 131 cm³/mol. The molecule has 2 aliphatic heterocycles. The zero-order valence-corrected chi connectivity index (χ0v) is 19.7. The van der Waals surface area contributed by atoms with Crippen molar-refractivity contribution in [2.75, 3.05) is 44.2 Å². The number of rotatable bonds is 4. The molecule has 8 heteroatoms. The second kappa shape index (κ2) is 9.89. The molecule has 0 radical (unpaired) electrons. The number of carbonyl (C=O) groups excluding carboxylic acids is 2. The summed E-state index contributed by atoms with van der Waals surface area (Å²) in [6, 6.07) is 15.1. The maximum Gasteiger partial charge on any atom is 0.276 e. The highest BCUT2D eigenvalue weighted by molar-refractivity contribution is 6.30. The van der Waals surface area contributed by atoms with Gasteiger partial charge in [0.2, 0.25) is 0 Å².